The molecule has 0 amide bonds. The molecular formula is C22H23N5O. The summed E-state index contributed by atoms with van der Waals surface area (Å²) in [6, 6.07) is 10.2. The lowest BCUT2D eigenvalue weighted by molar-refractivity contribution is 0.250. The molecule has 0 spiro atoms. The first kappa shape index (κ1) is 17.1. The van der Waals surface area contributed by atoms with Crippen molar-refractivity contribution in [3.63, 3.8) is 0 Å². The summed E-state index contributed by atoms with van der Waals surface area (Å²) < 4.78 is 0. The van der Waals surface area contributed by atoms with Gasteiger partial charge in [-0.15, -0.1) is 0 Å². The molecular weight excluding hydrogens is 350 g/mol. The molecule has 0 aliphatic carbocycles. The van der Waals surface area contributed by atoms with E-state index >= 15 is 0 Å². The molecule has 4 aromatic rings. The van der Waals surface area contributed by atoms with Gasteiger partial charge in [-0.25, -0.2) is 0 Å². The van der Waals surface area contributed by atoms with Crippen LogP contribution in [0.2, 0.25) is 0 Å². The van der Waals surface area contributed by atoms with Crippen molar-refractivity contribution in [3.8, 4) is 11.3 Å². The fourth-order valence-corrected chi connectivity index (χ4v) is 4.37. The van der Waals surface area contributed by atoms with Gasteiger partial charge in [-0.05, 0) is 69.1 Å². The molecule has 1 aromatic carbocycles. The molecule has 5 rings (SSSR count). The molecule has 28 heavy (non-hydrogen) atoms. The normalized spacial score (nSPS) is 18.1. The number of H-pyrrole nitrogens is 2. The Morgan fingerprint density at radius 2 is 2.07 bits per heavy atom. The van der Waals surface area contributed by atoms with Crippen molar-refractivity contribution in [2.75, 3.05) is 20.1 Å². The van der Waals surface area contributed by atoms with Gasteiger partial charge in [0.05, 0.1) is 11.0 Å². The number of hydrogen-bond acceptors (Lipinski definition) is 4. The Morgan fingerprint density at radius 3 is 2.89 bits per heavy atom. The summed E-state index contributed by atoms with van der Waals surface area (Å²) in [6.45, 7) is 4.02. The topological polar surface area (TPSA) is 77.7 Å². The van der Waals surface area contributed by atoms with Gasteiger partial charge in [-0.1, -0.05) is 0 Å². The van der Waals surface area contributed by atoms with Crippen LogP contribution in [-0.4, -0.2) is 45.2 Å². The van der Waals surface area contributed by atoms with Gasteiger partial charge >= 0.3 is 0 Å². The average Bonchev–Trinajstić information content (AvgIpc) is 3.08. The van der Waals surface area contributed by atoms with Gasteiger partial charge in [-0.2, -0.15) is 5.10 Å². The standard InChI is InChI=1S/C22H23N5O/c1-13-8-14(5-6-23-13)21-18-10-16-9-17(15-4-3-7-27(2)12-15)22(28)24-19(16)11-20(18)25-26-21/h5-6,8-11,15H,3-4,7,12H2,1-2H3,(H,24,28)(H,25,26). The van der Waals surface area contributed by atoms with Crippen LogP contribution in [0.15, 0.2) is 41.3 Å². The summed E-state index contributed by atoms with van der Waals surface area (Å²) in [6.07, 6.45) is 4.00. The summed E-state index contributed by atoms with van der Waals surface area (Å²) in [5, 5.41) is 9.72. The number of fused-ring (bicyclic) bond motifs is 2. The Bertz CT molecular complexity index is 1240. The second kappa shape index (κ2) is 6.56. The van der Waals surface area contributed by atoms with E-state index in [2.05, 4.69) is 44.2 Å². The SMILES string of the molecule is Cc1cc(-c2n[nH]c3cc4[nH]c(=O)c(C5CCCN(C)C5)cc4cc23)ccn1. The fourth-order valence-electron chi connectivity index (χ4n) is 4.37. The van der Waals surface area contributed by atoms with Gasteiger partial charge in [0.15, 0.2) is 0 Å². The van der Waals surface area contributed by atoms with Crippen LogP contribution in [0.5, 0.6) is 0 Å². The Morgan fingerprint density at radius 1 is 1.18 bits per heavy atom. The number of piperidine rings is 1. The van der Waals surface area contributed by atoms with Crippen molar-refractivity contribution in [3.05, 3.63) is 58.1 Å². The Balaban J connectivity index is 1.66. The Hall–Kier alpha value is -2.99. The number of aromatic nitrogens is 4. The highest BCUT2D eigenvalue weighted by molar-refractivity contribution is 6.01. The minimum Gasteiger partial charge on any atom is -0.322 e. The maximum absolute atomic E-state index is 12.7. The molecule has 1 aliphatic rings. The average molecular weight is 373 g/mol. The van der Waals surface area contributed by atoms with Crippen LogP contribution >= 0.6 is 0 Å². The van der Waals surface area contributed by atoms with Crippen molar-refractivity contribution in [2.45, 2.75) is 25.7 Å². The minimum absolute atomic E-state index is 0.0247. The fraction of sp³-hybridized carbons (Fsp3) is 0.318. The number of nitrogens with one attached hydrogen (secondary N) is 2. The van der Waals surface area contributed by atoms with Crippen molar-refractivity contribution in [1.82, 2.24) is 25.1 Å². The van der Waals surface area contributed by atoms with Crippen LogP contribution < -0.4 is 5.56 Å². The number of aryl methyl sites for hydroxylation is 1. The van der Waals surface area contributed by atoms with E-state index < -0.39 is 0 Å². The summed E-state index contributed by atoms with van der Waals surface area (Å²) in [5.41, 5.74) is 5.58. The highest BCUT2D eigenvalue weighted by Gasteiger charge is 2.22. The number of nitrogens with zero attached hydrogens (tertiary/aromatic N) is 3. The van der Waals surface area contributed by atoms with E-state index in [1.165, 1.54) is 0 Å². The van der Waals surface area contributed by atoms with Gasteiger partial charge in [0.2, 0.25) is 0 Å². The van der Waals surface area contributed by atoms with Gasteiger partial charge in [0.25, 0.3) is 5.56 Å². The molecule has 1 saturated heterocycles. The molecule has 3 aromatic heterocycles. The summed E-state index contributed by atoms with van der Waals surface area (Å²) >= 11 is 0. The third kappa shape index (κ3) is 2.90. The number of hydrogen-bond donors (Lipinski definition) is 2. The number of rotatable bonds is 2. The van der Waals surface area contributed by atoms with Crippen LogP contribution in [0.4, 0.5) is 0 Å². The molecule has 1 fully saturated rings. The first-order valence-electron chi connectivity index (χ1n) is 9.75. The molecule has 6 nitrogen and oxygen atoms in total. The molecule has 142 valence electrons. The third-order valence-electron chi connectivity index (χ3n) is 5.79. The highest BCUT2D eigenvalue weighted by Crippen LogP contribution is 2.31. The lowest BCUT2D eigenvalue weighted by Gasteiger charge is -2.29. The van der Waals surface area contributed by atoms with Gasteiger partial charge < -0.3 is 9.88 Å². The summed E-state index contributed by atoms with van der Waals surface area (Å²) in [7, 11) is 2.12. The maximum atomic E-state index is 12.7. The molecule has 6 heteroatoms. The Kier molecular flexibility index (Phi) is 4.02. The lowest BCUT2D eigenvalue weighted by Crippen LogP contribution is -2.33. The van der Waals surface area contributed by atoms with Crippen LogP contribution in [0.1, 0.15) is 30.0 Å². The second-order valence-corrected chi connectivity index (χ2v) is 7.90. The molecule has 1 atom stereocenters. The largest absolute Gasteiger partial charge is 0.322 e. The molecule has 0 bridgehead atoms. The number of benzene rings is 1. The van der Waals surface area contributed by atoms with E-state index in [9.17, 15) is 4.79 Å². The van der Waals surface area contributed by atoms with E-state index in [-0.39, 0.29) is 11.5 Å². The Labute approximate surface area is 162 Å². The zero-order valence-electron chi connectivity index (χ0n) is 16.1. The van der Waals surface area contributed by atoms with Gasteiger partial charge in [0.1, 0.15) is 5.69 Å². The number of likely N-dealkylation sites (tertiary alicyclic amines) is 1. The zero-order valence-corrected chi connectivity index (χ0v) is 16.1. The predicted molar refractivity (Wildman–Crippen MR) is 112 cm³/mol. The van der Waals surface area contributed by atoms with E-state index in [1.54, 1.807) is 6.20 Å². The summed E-state index contributed by atoms with van der Waals surface area (Å²) in [4.78, 5) is 22.4. The predicted octanol–water partition coefficient (Wildman–Crippen LogP) is 3.58. The van der Waals surface area contributed by atoms with E-state index in [0.29, 0.717) is 0 Å². The van der Waals surface area contributed by atoms with E-state index in [4.69, 9.17) is 0 Å². The van der Waals surface area contributed by atoms with Crippen molar-refractivity contribution in [1.29, 1.82) is 0 Å². The molecule has 1 aliphatic heterocycles. The van der Waals surface area contributed by atoms with Gasteiger partial charge in [-0.3, -0.25) is 14.9 Å². The number of pyridine rings is 2. The van der Waals surface area contributed by atoms with E-state index in [1.807, 2.05) is 25.1 Å². The molecule has 0 radical (unpaired) electrons. The number of aromatic amines is 2. The van der Waals surface area contributed by atoms with Crippen molar-refractivity contribution >= 4 is 21.8 Å². The van der Waals surface area contributed by atoms with Crippen molar-refractivity contribution < 1.29 is 0 Å². The minimum atomic E-state index is 0.0247. The van der Waals surface area contributed by atoms with Gasteiger partial charge in [0, 0.05) is 40.9 Å². The summed E-state index contributed by atoms with van der Waals surface area (Å²) in [5.74, 6) is 0.286. The van der Waals surface area contributed by atoms with Crippen LogP contribution in [-0.2, 0) is 0 Å². The van der Waals surface area contributed by atoms with Crippen LogP contribution in [0.25, 0.3) is 33.1 Å². The quantitative estimate of drug-likeness (QED) is 0.563. The first-order valence-corrected chi connectivity index (χ1v) is 9.75. The molecule has 1 unspecified atom stereocenters. The number of likely N-dealkylation sites (N-methyl/N-ethyl adjacent to an activating group) is 1. The second-order valence-electron chi connectivity index (χ2n) is 7.90. The van der Waals surface area contributed by atoms with Crippen molar-refractivity contribution in [2.24, 2.45) is 0 Å². The monoisotopic (exact) mass is 373 g/mol. The zero-order chi connectivity index (χ0) is 19.3. The van der Waals surface area contributed by atoms with Crippen LogP contribution in [0, 0.1) is 6.92 Å². The first-order chi connectivity index (χ1) is 13.6. The van der Waals surface area contributed by atoms with Crippen LogP contribution in [0.3, 0.4) is 0 Å². The molecule has 0 saturated carbocycles. The van der Waals surface area contributed by atoms with E-state index in [0.717, 1.165) is 70.3 Å². The molecule has 4 heterocycles. The maximum Gasteiger partial charge on any atom is 0.251 e. The smallest absolute Gasteiger partial charge is 0.251 e. The lowest BCUT2D eigenvalue weighted by atomic mass is 9.91. The highest BCUT2D eigenvalue weighted by atomic mass is 16.1. The molecule has 2 N–H and O–H groups in total. The third-order valence-corrected chi connectivity index (χ3v) is 5.79.